The van der Waals surface area contributed by atoms with Crippen LogP contribution in [-0.4, -0.2) is 53.1 Å². The molecule has 7 nitrogen and oxygen atoms in total. The summed E-state index contributed by atoms with van der Waals surface area (Å²) >= 11 is 15.1. The van der Waals surface area contributed by atoms with Crippen LogP contribution in [0.3, 0.4) is 0 Å². The number of halogens is 3. The first kappa shape index (κ1) is 28.1. The van der Waals surface area contributed by atoms with Crippen molar-refractivity contribution in [3.05, 3.63) is 60.0 Å². The van der Waals surface area contributed by atoms with Crippen LogP contribution in [0, 0.1) is 3.57 Å². The van der Waals surface area contributed by atoms with Gasteiger partial charge in [0.25, 0.3) is 11.1 Å². The number of benzene rings is 2. The minimum atomic E-state index is -0.465. The highest BCUT2D eigenvalue weighted by molar-refractivity contribution is 14.1. The number of carbonyl (C=O) groups is 3. The lowest BCUT2D eigenvalue weighted by Crippen LogP contribution is -2.44. The smallest absolute Gasteiger partial charge is 0.294 e. The second-order valence-electron chi connectivity index (χ2n) is 8.51. The van der Waals surface area contributed by atoms with Crippen molar-refractivity contribution in [2.75, 3.05) is 26.2 Å². The van der Waals surface area contributed by atoms with Crippen LogP contribution >= 0.6 is 57.6 Å². The zero-order valence-electron chi connectivity index (χ0n) is 20.1. The monoisotopic (exact) mass is 674 g/mol. The summed E-state index contributed by atoms with van der Waals surface area (Å²) in [6.07, 6.45) is 4.63. The van der Waals surface area contributed by atoms with E-state index in [0.29, 0.717) is 46.8 Å². The highest BCUT2D eigenvalue weighted by atomic mass is 127. The number of hydrogen-bond acceptors (Lipinski definition) is 6. The highest BCUT2D eigenvalue weighted by Gasteiger charge is 2.37. The third kappa shape index (κ3) is 6.93. The molecule has 2 aliphatic rings. The fraction of sp³-hybridized carbons (Fsp3) is 0.346. The zero-order chi connectivity index (χ0) is 26.5. The van der Waals surface area contributed by atoms with Crippen LogP contribution in [0.15, 0.2) is 35.2 Å². The number of nitrogens with zero attached hydrogens (tertiary/aromatic N) is 2. The number of likely N-dealkylation sites (tertiary alicyclic amines) is 1. The molecule has 2 heterocycles. The van der Waals surface area contributed by atoms with E-state index in [-0.39, 0.29) is 24.0 Å². The molecule has 4 rings (SSSR count). The van der Waals surface area contributed by atoms with Gasteiger partial charge in [-0.25, -0.2) is 0 Å². The van der Waals surface area contributed by atoms with Gasteiger partial charge in [-0.1, -0.05) is 29.3 Å². The Labute approximate surface area is 243 Å². The standard InChI is InChI=1S/C26H25Cl2IN2O5S/c1-2-35-21-12-17(11-20(29)24(21)36-15-16-6-7-18(27)19(28)10-16)13-22-25(33)31(26(34)37-22)14-23(32)30-8-4-3-5-9-30/h6-7,10-13H,2-5,8-9,14-15H2,1H3/b22-13-. The van der Waals surface area contributed by atoms with Gasteiger partial charge in [-0.2, -0.15) is 0 Å². The molecule has 2 aliphatic heterocycles. The molecule has 0 spiro atoms. The number of carbonyl (C=O) groups excluding carboxylic acids is 3. The summed E-state index contributed by atoms with van der Waals surface area (Å²) < 4.78 is 12.6. The summed E-state index contributed by atoms with van der Waals surface area (Å²) in [4.78, 5) is 41.2. The minimum Gasteiger partial charge on any atom is -0.490 e. The quantitative estimate of drug-likeness (QED) is 0.231. The fourth-order valence-corrected chi connectivity index (χ4v) is 5.97. The van der Waals surface area contributed by atoms with Gasteiger partial charge < -0.3 is 14.4 Å². The molecule has 0 atom stereocenters. The molecule has 11 heteroatoms. The average Bonchev–Trinajstić information content (AvgIpc) is 3.13. The van der Waals surface area contributed by atoms with Crippen molar-refractivity contribution in [3.8, 4) is 11.5 Å². The zero-order valence-corrected chi connectivity index (χ0v) is 24.6. The largest absolute Gasteiger partial charge is 0.490 e. The molecular weight excluding hydrogens is 650 g/mol. The third-order valence-electron chi connectivity index (χ3n) is 5.87. The van der Waals surface area contributed by atoms with E-state index in [2.05, 4.69) is 22.6 Å². The number of rotatable bonds is 8. The molecule has 2 fully saturated rings. The van der Waals surface area contributed by atoms with Gasteiger partial charge in [-0.15, -0.1) is 0 Å². The van der Waals surface area contributed by atoms with Crippen molar-refractivity contribution in [1.29, 1.82) is 0 Å². The molecule has 2 saturated heterocycles. The molecule has 0 aliphatic carbocycles. The Morgan fingerprint density at radius 3 is 2.54 bits per heavy atom. The van der Waals surface area contributed by atoms with Gasteiger partial charge in [-0.3, -0.25) is 19.3 Å². The lowest BCUT2D eigenvalue weighted by Gasteiger charge is -2.27. The molecule has 3 amide bonds. The van der Waals surface area contributed by atoms with Crippen molar-refractivity contribution < 1.29 is 23.9 Å². The van der Waals surface area contributed by atoms with E-state index in [9.17, 15) is 14.4 Å². The molecule has 0 unspecified atom stereocenters. The summed E-state index contributed by atoms with van der Waals surface area (Å²) in [6, 6.07) is 8.91. The lowest BCUT2D eigenvalue weighted by molar-refractivity contribution is -0.136. The number of amides is 3. The third-order valence-corrected chi connectivity index (χ3v) is 8.32. The van der Waals surface area contributed by atoms with Crippen molar-refractivity contribution in [2.45, 2.75) is 32.8 Å². The molecule has 196 valence electrons. The Bertz CT molecular complexity index is 1250. The number of hydrogen-bond donors (Lipinski definition) is 0. The van der Waals surface area contributed by atoms with E-state index in [1.807, 2.05) is 19.1 Å². The van der Waals surface area contributed by atoms with Crippen molar-refractivity contribution in [2.24, 2.45) is 0 Å². The highest BCUT2D eigenvalue weighted by Crippen LogP contribution is 2.38. The van der Waals surface area contributed by atoms with Crippen molar-refractivity contribution >= 4 is 80.7 Å². The predicted octanol–water partition coefficient (Wildman–Crippen LogP) is 6.62. The van der Waals surface area contributed by atoms with Crippen LogP contribution in [-0.2, 0) is 16.2 Å². The Morgan fingerprint density at radius 1 is 1.08 bits per heavy atom. The molecule has 2 aromatic carbocycles. The summed E-state index contributed by atoms with van der Waals surface area (Å²) in [6.45, 7) is 3.65. The van der Waals surface area contributed by atoms with Crippen LogP contribution in [0.5, 0.6) is 11.5 Å². The minimum absolute atomic E-state index is 0.195. The summed E-state index contributed by atoms with van der Waals surface area (Å²) in [5.74, 6) is 0.416. The molecule has 0 radical (unpaired) electrons. The Morgan fingerprint density at radius 2 is 1.84 bits per heavy atom. The number of piperidine rings is 1. The number of imide groups is 1. The van der Waals surface area contributed by atoms with Gasteiger partial charge in [0.2, 0.25) is 5.91 Å². The number of ether oxygens (including phenoxy) is 2. The normalized spacial score (nSPS) is 17.0. The van der Waals surface area contributed by atoms with Crippen LogP contribution in [0.1, 0.15) is 37.3 Å². The van der Waals surface area contributed by atoms with Gasteiger partial charge in [-0.05, 0) is 102 Å². The molecule has 2 aromatic rings. The van der Waals surface area contributed by atoms with Crippen LogP contribution < -0.4 is 9.47 Å². The molecule has 0 bridgehead atoms. The van der Waals surface area contributed by atoms with E-state index in [0.717, 1.165) is 45.1 Å². The SMILES string of the molecule is CCOc1cc(/C=C2\SC(=O)N(CC(=O)N3CCCCC3)C2=O)cc(I)c1OCc1ccc(Cl)c(Cl)c1. The maximum absolute atomic E-state index is 13.0. The van der Waals surface area contributed by atoms with Gasteiger partial charge in [0.1, 0.15) is 13.2 Å². The summed E-state index contributed by atoms with van der Waals surface area (Å²) in [7, 11) is 0. The van der Waals surface area contributed by atoms with Crippen LogP contribution in [0.2, 0.25) is 10.0 Å². The first-order chi connectivity index (χ1) is 17.8. The second kappa shape index (κ2) is 12.7. The Balaban J connectivity index is 1.50. The van der Waals surface area contributed by atoms with Gasteiger partial charge in [0.15, 0.2) is 11.5 Å². The molecule has 0 saturated carbocycles. The predicted molar refractivity (Wildman–Crippen MR) is 154 cm³/mol. The average molecular weight is 675 g/mol. The maximum atomic E-state index is 13.0. The Hall–Kier alpha value is -1.95. The Kier molecular flexibility index (Phi) is 9.66. The summed E-state index contributed by atoms with van der Waals surface area (Å²) in [5.41, 5.74) is 1.53. The van der Waals surface area contributed by atoms with Gasteiger partial charge in [0.05, 0.1) is 25.1 Å². The maximum Gasteiger partial charge on any atom is 0.294 e. The van der Waals surface area contributed by atoms with E-state index < -0.39 is 11.1 Å². The van der Waals surface area contributed by atoms with Crippen LogP contribution in [0.25, 0.3) is 6.08 Å². The van der Waals surface area contributed by atoms with E-state index in [1.165, 1.54) is 0 Å². The fourth-order valence-electron chi connectivity index (χ4n) is 4.03. The van der Waals surface area contributed by atoms with E-state index >= 15 is 0 Å². The second-order valence-corrected chi connectivity index (χ2v) is 11.5. The lowest BCUT2D eigenvalue weighted by atomic mass is 10.1. The molecule has 0 aromatic heterocycles. The molecule has 0 N–H and O–H groups in total. The molecular formula is C26H25Cl2IN2O5S. The van der Waals surface area contributed by atoms with Gasteiger partial charge in [0, 0.05) is 13.1 Å². The van der Waals surface area contributed by atoms with E-state index in [4.69, 9.17) is 32.7 Å². The molecule has 37 heavy (non-hydrogen) atoms. The van der Waals surface area contributed by atoms with Crippen molar-refractivity contribution in [1.82, 2.24) is 9.80 Å². The van der Waals surface area contributed by atoms with Gasteiger partial charge >= 0.3 is 0 Å². The van der Waals surface area contributed by atoms with Crippen molar-refractivity contribution in [3.63, 3.8) is 0 Å². The first-order valence-corrected chi connectivity index (χ1v) is 14.5. The summed E-state index contributed by atoms with van der Waals surface area (Å²) in [5, 5.41) is 0.479. The number of thioether (sulfide) groups is 1. The van der Waals surface area contributed by atoms with Crippen LogP contribution in [0.4, 0.5) is 4.79 Å². The van der Waals surface area contributed by atoms with E-state index in [1.54, 1.807) is 29.2 Å². The first-order valence-electron chi connectivity index (χ1n) is 11.8. The topological polar surface area (TPSA) is 76.2 Å².